The fourth-order valence-corrected chi connectivity index (χ4v) is 3.34. The summed E-state index contributed by atoms with van der Waals surface area (Å²) in [6.07, 6.45) is 1.67. The van der Waals surface area contributed by atoms with E-state index in [4.69, 9.17) is 10.2 Å². The third kappa shape index (κ3) is 2.50. The molecule has 0 aliphatic rings. The molecule has 4 heteroatoms. The number of carbonyl (C=O) groups is 1. The van der Waals surface area contributed by atoms with Crippen molar-refractivity contribution in [3.63, 3.8) is 0 Å². The van der Waals surface area contributed by atoms with Crippen molar-refractivity contribution in [3.05, 3.63) is 71.7 Å². The maximum atomic E-state index is 11.9. The summed E-state index contributed by atoms with van der Waals surface area (Å²) in [5, 5.41) is 1.77. The molecule has 0 bridgehead atoms. The Balaban J connectivity index is 2.09. The van der Waals surface area contributed by atoms with Gasteiger partial charge in [-0.2, -0.15) is 0 Å². The van der Waals surface area contributed by atoms with Crippen molar-refractivity contribution in [3.8, 4) is 0 Å². The van der Waals surface area contributed by atoms with E-state index in [0.29, 0.717) is 18.0 Å². The fraction of sp³-hybridized carbons (Fsp3) is 0.190. The summed E-state index contributed by atoms with van der Waals surface area (Å²) < 4.78 is 7.70. The Morgan fingerprint density at radius 1 is 1.24 bits per heavy atom. The van der Waals surface area contributed by atoms with Crippen molar-refractivity contribution in [2.75, 3.05) is 0 Å². The first-order valence-corrected chi connectivity index (χ1v) is 8.35. The highest BCUT2D eigenvalue weighted by Crippen LogP contribution is 2.33. The molecular formula is C21H19N2O2. The Hall–Kier alpha value is -3.01. The number of rotatable bonds is 4. The molecule has 1 radical (unpaired) electrons. The van der Waals surface area contributed by atoms with Gasteiger partial charge in [-0.3, -0.25) is 4.79 Å². The Bertz CT molecular complexity index is 1070. The number of furan rings is 1. The first-order valence-electron chi connectivity index (χ1n) is 8.35. The molecule has 0 saturated heterocycles. The minimum absolute atomic E-state index is 0.395. The standard InChI is InChI=1S/C21H19N2O2/c1-13(2)14-8-9-16-19(11-14)23(12-15-5-4-10-25-15)18-7-3-6-17(20(16)18)21(22)24/h3-8,10-11,13H,12H2,1-2H3,(H2,22,24). The molecule has 0 spiro atoms. The smallest absolute Gasteiger partial charge is 0.249 e. The zero-order chi connectivity index (χ0) is 17.6. The number of hydrogen-bond donors (Lipinski definition) is 1. The molecule has 4 nitrogen and oxygen atoms in total. The van der Waals surface area contributed by atoms with E-state index < -0.39 is 5.91 Å². The van der Waals surface area contributed by atoms with Gasteiger partial charge in [-0.1, -0.05) is 26.0 Å². The van der Waals surface area contributed by atoms with Gasteiger partial charge < -0.3 is 14.7 Å². The highest BCUT2D eigenvalue weighted by molar-refractivity contribution is 6.17. The van der Waals surface area contributed by atoms with Crippen LogP contribution in [0.5, 0.6) is 0 Å². The van der Waals surface area contributed by atoms with Crippen molar-refractivity contribution in [1.82, 2.24) is 4.57 Å². The van der Waals surface area contributed by atoms with Crippen molar-refractivity contribution >= 4 is 27.7 Å². The summed E-state index contributed by atoms with van der Waals surface area (Å²) in [5.41, 5.74) is 9.33. The third-order valence-corrected chi connectivity index (χ3v) is 4.64. The molecule has 0 aliphatic carbocycles. The van der Waals surface area contributed by atoms with Crippen molar-refractivity contribution in [2.45, 2.75) is 26.3 Å². The van der Waals surface area contributed by atoms with Gasteiger partial charge in [-0.25, -0.2) is 0 Å². The summed E-state index contributed by atoms with van der Waals surface area (Å²) in [6, 6.07) is 17.0. The third-order valence-electron chi connectivity index (χ3n) is 4.64. The molecule has 0 unspecified atom stereocenters. The molecule has 125 valence electrons. The summed E-state index contributed by atoms with van der Waals surface area (Å²) in [7, 11) is 0. The second kappa shape index (κ2) is 5.81. The maximum Gasteiger partial charge on any atom is 0.249 e. The van der Waals surface area contributed by atoms with Crippen LogP contribution in [0.25, 0.3) is 21.8 Å². The van der Waals surface area contributed by atoms with Crippen LogP contribution in [0.4, 0.5) is 0 Å². The highest BCUT2D eigenvalue weighted by Gasteiger charge is 2.18. The highest BCUT2D eigenvalue weighted by atomic mass is 16.3. The first kappa shape index (κ1) is 15.5. The van der Waals surface area contributed by atoms with Crippen molar-refractivity contribution in [2.24, 2.45) is 5.73 Å². The van der Waals surface area contributed by atoms with Crippen LogP contribution >= 0.6 is 0 Å². The van der Waals surface area contributed by atoms with Gasteiger partial charge in [0.05, 0.1) is 23.8 Å². The van der Waals surface area contributed by atoms with Crippen LogP contribution in [0, 0.1) is 6.07 Å². The van der Waals surface area contributed by atoms with E-state index in [1.807, 2.05) is 30.3 Å². The van der Waals surface area contributed by atoms with Crippen molar-refractivity contribution < 1.29 is 9.21 Å². The summed E-state index contributed by atoms with van der Waals surface area (Å²) in [5.74, 6) is 0.827. The molecule has 2 N–H and O–H groups in total. The first-order chi connectivity index (χ1) is 12.1. The molecule has 0 fully saturated rings. The molecule has 2 aromatic carbocycles. The zero-order valence-corrected chi connectivity index (χ0v) is 14.2. The molecule has 4 aromatic rings. The lowest BCUT2D eigenvalue weighted by Gasteiger charge is -2.08. The predicted molar refractivity (Wildman–Crippen MR) is 98.7 cm³/mol. The topological polar surface area (TPSA) is 61.2 Å². The van der Waals surface area contributed by atoms with Crippen LogP contribution in [-0.2, 0) is 6.54 Å². The Labute approximate surface area is 145 Å². The van der Waals surface area contributed by atoms with E-state index >= 15 is 0 Å². The molecule has 0 saturated carbocycles. The number of hydrogen-bond acceptors (Lipinski definition) is 2. The van der Waals surface area contributed by atoms with Gasteiger partial charge in [0, 0.05) is 16.3 Å². The van der Waals surface area contributed by atoms with E-state index in [-0.39, 0.29) is 0 Å². The molecule has 0 aliphatic heterocycles. The van der Waals surface area contributed by atoms with E-state index in [2.05, 4.69) is 30.5 Å². The maximum absolute atomic E-state index is 11.9. The summed E-state index contributed by atoms with van der Waals surface area (Å²) >= 11 is 0. The lowest BCUT2D eigenvalue weighted by atomic mass is 10.00. The fourth-order valence-electron chi connectivity index (χ4n) is 3.34. The molecule has 2 heterocycles. The predicted octanol–water partition coefficient (Wildman–Crippen LogP) is 4.46. The van der Waals surface area contributed by atoms with E-state index in [1.54, 1.807) is 12.3 Å². The van der Waals surface area contributed by atoms with Gasteiger partial charge in [-0.15, -0.1) is 0 Å². The van der Waals surface area contributed by atoms with Crippen molar-refractivity contribution in [1.29, 1.82) is 0 Å². The lowest BCUT2D eigenvalue weighted by Crippen LogP contribution is -2.11. The Kier molecular flexibility index (Phi) is 3.61. The number of benzene rings is 2. The molecule has 2 aromatic heterocycles. The number of aromatic nitrogens is 1. The van der Waals surface area contributed by atoms with Gasteiger partial charge in [0.2, 0.25) is 5.91 Å². The molecule has 0 atom stereocenters. The van der Waals surface area contributed by atoms with Crippen LogP contribution in [-0.4, -0.2) is 10.5 Å². The van der Waals surface area contributed by atoms with Crippen LogP contribution < -0.4 is 5.73 Å². The van der Waals surface area contributed by atoms with Gasteiger partial charge in [-0.05, 0) is 47.9 Å². The van der Waals surface area contributed by atoms with Gasteiger partial charge in [0.1, 0.15) is 5.76 Å². The molecule has 25 heavy (non-hydrogen) atoms. The van der Waals surface area contributed by atoms with Crippen LogP contribution in [0.2, 0.25) is 0 Å². The van der Waals surface area contributed by atoms with E-state index in [0.717, 1.165) is 27.6 Å². The minimum Gasteiger partial charge on any atom is -0.467 e. The second-order valence-corrected chi connectivity index (χ2v) is 6.58. The van der Waals surface area contributed by atoms with Crippen LogP contribution in [0.3, 0.4) is 0 Å². The number of carbonyl (C=O) groups excluding carboxylic acids is 1. The minimum atomic E-state index is -0.427. The normalized spacial score (nSPS) is 11.6. The average Bonchev–Trinajstić information content (AvgIpc) is 3.21. The lowest BCUT2D eigenvalue weighted by molar-refractivity contribution is 0.100. The quantitative estimate of drug-likeness (QED) is 0.600. The van der Waals surface area contributed by atoms with Gasteiger partial charge in [0.25, 0.3) is 0 Å². The SMILES string of the molecule is CC(C)c1c[c]c2c3c(C(N)=O)cccc3n(Cc3ccco3)c2c1. The van der Waals surface area contributed by atoms with E-state index in [1.165, 1.54) is 5.56 Å². The summed E-state index contributed by atoms with van der Waals surface area (Å²) in [4.78, 5) is 11.9. The Morgan fingerprint density at radius 2 is 2.08 bits per heavy atom. The Morgan fingerprint density at radius 3 is 2.76 bits per heavy atom. The number of nitrogens with two attached hydrogens (primary N) is 1. The molecular weight excluding hydrogens is 312 g/mol. The summed E-state index contributed by atoms with van der Waals surface area (Å²) in [6.45, 7) is 4.90. The number of amides is 1. The second-order valence-electron chi connectivity index (χ2n) is 6.58. The number of fused-ring (bicyclic) bond motifs is 3. The monoisotopic (exact) mass is 331 g/mol. The van der Waals surface area contributed by atoms with Gasteiger partial charge >= 0.3 is 0 Å². The zero-order valence-electron chi connectivity index (χ0n) is 14.2. The molecule has 4 rings (SSSR count). The van der Waals surface area contributed by atoms with Crippen LogP contribution in [0.15, 0.2) is 53.1 Å². The van der Waals surface area contributed by atoms with Crippen LogP contribution in [0.1, 0.15) is 41.4 Å². The van der Waals surface area contributed by atoms with Gasteiger partial charge in [0.15, 0.2) is 0 Å². The number of nitrogens with zero attached hydrogens (tertiary/aromatic N) is 1. The average molecular weight is 331 g/mol. The molecule has 1 amide bonds. The number of primary amides is 1. The largest absolute Gasteiger partial charge is 0.467 e. The van der Waals surface area contributed by atoms with E-state index in [9.17, 15) is 4.79 Å².